The Hall–Kier alpha value is -4.70. The van der Waals surface area contributed by atoms with Crippen LogP contribution in [0.3, 0.4) is 0 Å². The number of aliphatic carboxylic acids is 1. The molecule has 129 heavy (non-hydrogen) atoms. The van der Waals surface area contributed by atoms with E-state index in [-0.39, 0.29) is 89.2 Å². The van der Waals surface area contributed by atoms with Gasteiger partial charge in [-0.05, 0) is 140 Å². The van der Waals surface area contributed by atoms with Crippen molar-refractivity contribution in [2.45, 2.75) is 457 Å². The zero-order valence-corrected chi connectivity index (χ0v) is 83.1. The number of carbonyl (C=O) groups excluding carboxylic acids is 5. The lowest BCUT2D eigenvalue weighted by Gasteiger charge is -2.28. The zero-order valence-electron chi connectivity index (χ0n) is 81.4. The van der Waals surface area contributed by atoms with Gasteiger partial charge in [-0.15, -0.1) is 0 Å². The third-order valence-corrected chi connectivity index (χ3v) is 24.8. The van der Waals surface area contributed by atoms with E-state index in [1.165, 1.54) is 128 Å². The summed E-state index contributed by atoms with van der Waals surface area (Å²) in [6.45, 7) is 10.6. The van der Waals surface area contributed by atoms with Crippen LogP contribution in [-0.4, -0.2) is 167 Å². The second-order valence-corrected chi connectivity index (χ2v) is 37.9. The Kier molecular flexibility index (Phi) is 82.8. The number of amides is 4. The molecular weight excluding hydrogens is 1690 g/mol. The Morgan fingerprint density at radius 3 is 1.28 bits per heavy atom. The molecule has 0 saturated heterocycles. The summed E-state index contributed by atoms with van der Waals surface area (Å²) in [5.74, 6) is -4.49. The fourth-order valence-corrected chi connectivity index (χ4v) is 16.5. The quantitative estimate of drug-likeness (QED) is 0.00750. The summed E-state index contributed by atoms with van der Waals surface area (Å²) in [6.07, 6.45) is 60.6. The first-order valence-corrected chi connectivity index (χ1v) is 54.2. The van der Waals surface area contributed by atoms with Crippen LogP contribution in [0.1, 0.15) is 420 Å². The number of carbonyl (C=O) groups is 6. The number of rotatable bonds is 97. The van der Waals surface area contributed by atoms with Crippen molar-refractivity contribution < 1.29 is 105 Å². The number of allylic oxidation sites excluding steroid dienone is 4. The summed E-state index contributed by atoms with van der Waals surface area (Å²) in [5.41, 5.74) is 0.497. The van der Waals surface area contributed by atoms with Gasteiger partial charge in [0.1, 0.15) is 30.6 Å². The first-order valence-electron chi connectivity index (χ1n) is 51.3. The third kappa shape index (κ3) is 79.3. The van der Waals surface area contributed by atoms with E-state index < -0.39 is 110 Å². The number of phosphoric acid groups is 2. The van der Waals surface area contributed by atoms with Gasteiger partial charge in [-0.25, -0.2) is 0 Å². The number of ether oxygens (including phenoxy) is 5. The zero-order chi connectivity index (χ0) is 94.4. The minimum Gasteiger partial charge on any atom is -0.756 e. The fourth-order valence-electron chi connectivity index (χ4n) is 15.0. The smallest absolute Gasteiger partial charge is 0.306 e. The molecule has 752 valence electrons. The topological polar surface area (TPSA) is 387 Å². The Morgan fingerprint density at radius 1 is 0.388 bits per heavy atom. The number of benzene rings is 1. The molecule has 1 rings (SSSR count). The highest BCUT2D eigenvalue weighted by atomic mass is 31.2. The minimum absolute atomic E-state index is 0.0283. The van der Waals surface area contributed by atoms with Gasteiger partial charge in [0.05, 0.1) is 71.0 Å². The highest BCUT2D eigenvalue weighted by Crippen LogP contribution is 2.39. The normalized spacial score (nSPS) is 14.4. The van der Waals surface area contributed by atoms with Crippen molar-refractivity contribution in [2.75, 3.05) is 79.1 Å². The lowest BCUT2D eigenvalue weighted by atomic mass is 9.97. The molecule has 9 atom stereocenters. The number of carboxylic acids is 1. The van der Waals surface area contributed by atoms with Crippen LogP contribution in [0.15, 0.2) is 48.6 Å². The Morgan fingerprint density at radius 2 is 0.783 bits per heavy atom. The average molecular weight is 1870 g/mol. The van der Waals surface area contributed by atoms with E-state index >= 15 is 0 Å². The predicted octanol–water partition coefficient (Wildman–Crippen LogP) is 20.9. The van der Waals surface area contributed by atoms with E-state index in [2.05, 4.69) is 92.4 Å². The van der Waals surface area contributed by atoms with Gasteiger partial charge in [0.25, 0.3) is 15.6 Å². The number of aliphatic hydroxyl groups is 2. The standard InChI is InChI=1S/C100H185N5O22P2/c1-7-13-19-25-29-33-35-39-41-47-53-62-94(107)104-87(82-119-76-71-90(59-51-45-23-17-11-5)126-97(111)65-55-49-43-37-31-27-21-15-9-3)84-124-128(115,116)122-79-74-102-99(113)92(81-86-67-69-89(70-68-86)121-78-73-101-93(106)61-57-58-64-96(109)110)100(114)103-75-80-123-129(117,118)125-85-88(105-95(108)63-54-48-42-40-36-34-30-26-20-14-8-2)83-120-77-72-91(60-52-46-24-18-12-6)127-98(112)66-56-50-44-38-32-28-22-16-10-4/h37-38,43-44,67-70,87-88,90-92,94,97,104,107,111H,7-36,39-42,45-66,71-85H2,1-6H3,(H,101,106)(H,102,113)(H,103,114)(H,105,108)(H,109,110)(H,115,116)(H,117,118)/p-2/b43-37-,44-38-. The lowest BCUT2D eigenvalue weighted by Crippen LogP contribution is -2.44. The van der Waals surface area contributed by atoms with E-state index in [0.29, 0.717) is 75.5 Å². The van der Waals surface area contributed by atoms with E-state index in [0.717, 1.165) is 161 Å². The number of nitrogens with one attached hydrogen (secondary N) is 5. The summed E-state index contributed by atoms with van der Waals surface area (Å²) < 4.78 is 78.7. The summed E-state index contributed by atoms with van der Waals surface area (Å²) >= 11 is 0. The second-order valence-electron chi connectivity index (χ2n) is 35.1. The van der Waals surface area contributed by atoms with Gasteiger partial charge in [-0.1, -0.05) is 303 Å². The van der Waals surface area contributed by atoms with Crippen LogP contribution in [0.5, 0.6) is 5.75 Å². The number of unbranched alkanes of at least 4 members (excludes halogenated alkanes) is 39. The molecule has 0 saturated carbocycles. The van der Waals surface area contributed by atoms with Gasteiger partial charge in [0, 0.05) is 51.8 Å². The maximum atomic E-state index is 14.2. The molecule has 0 aliphatic carbocycles. The third-order valence-electron chi connectivity index (χ3n) is 22.9. The van der Waals surface area contributed by atoms with Crippen molar-refractivity contribution in [1.29, 1.82) is 0 Å². The van der Waals surface area contributed by atoms with Crippen molar-refractivity contribution >= 4 is 51.2 Å². The molecule has 0 spiro atoms. The Labute approximate surface area is 780 Å². The largest absolute Gasteiger partial charge is 0.756 e. The molecule has 1 aromatic rings. The Bertz CT molecular complexity index is 3000. The van der Waals surface area contributed by atoms with Crippen molar-refractivity contribution in [3.8, 4) is 5.75 Å². The molecule has 8 N–H and O–H groups in total. The number of carboxylic acid groups (broad SMARTS) is 1. The summed E-state index contributed by atoms with van der Waals surface area (Å²) in [6, 6.07) is 4.74. The SMILES string of the molecule is CCCCCC/C=C\CCCC(=O)OC(CCCCCCC)CCOCC(COP(=O)([O-])OCCNC(=O)C(Cc1ccc(OCCNC(=O)CCCCC(=O)O)cc1)C(=O)NCCOP(=O)([O-])OCC(COCCC(CCCCCCC)OC(O)CCC/C=C\CCCCCC)NC(O)CCCCCCCCCCCCC)NC(=O)CCCCCCCCCCCCC. The van der Waals surface area contributed by atoms with Crippen LogP contribution in [0.4, 0.5) is 0 Å². The fraction of sp³-hybridized carbons (Fsp3) is 0.840. The van der Waals surface area contributed by atoms with Gasteiger partial charge in [-0.3, -0.25) is 43.2 Å². The van der Waals surface area contributed by atoms with Crippen LogP contribution in [0.2, 0.25) is 0 Å². The molecular formula is C100H183N5O22P2-2. The van der Waals surface area contributed by atoms with E-state index in [1.807, 2.05) is 0 Å². The van der Waals surface area contributed by atoms with Gasteiger partial charge < -0.3 is 88.2 Å². The van der Waals surface area contributed by atoms with Gasteiger partial charge >= 0.3 is 11.9 Å². The van der Waals surface area contributed by atoms with Gasteiger partial charge in [-0.2, -0.15) is 0 Å². The molecule has 0 bridgehead atoms. The van der Waals surface area contributed by atoms with Crippen LogP contribution in [0, 0.1) is 5.92 Å². The lowest BCUT2D eigenvalue weighted by molar-refractivity contribution is -0.227. The van der Waals surface area contributed by atoms with E-state index in [9.17, 15) is 57.9 Å². The first-order chi connectivity index (χ1) is 62.6. The number of hydrogen-bond acceptors (Lipinski definition) is 22. The molecule has 0 radical (unpaired) electrons. The van der Waals surface area contributed by atoms with Crippen LogP contribution in [0.25, 0.3) is 0 Å². The maximum absolute atomic E-state index is 14.2. The summed E-state index contributed by atoms with van der Waals surface area (Å²) in [4.78, 5) is 105. The number of aliphatic hydroxyl groups excluding tert-OH is 2. The second kappa shape index (κ2) is 87.4. The maximum Gasteiger partial charge on any atom is 0.306 e. The van der Waals surface area contributed by atoms with Crippen molar-refractivity contribution in [2.24, 2.45) is 5.92 Å². The molecule has 0 fully saturated rings. The molecule has 4 amide bonds. The highest BCUT2D eigenvalue weighted by molar-refractivity contribution is 7.46. The van der Waals surface area contributed by atoms with Gasteiger partial charge in [0.2, 0.25) is 23.6 Å². The van der Waals surface area contributed by atoms with Crippen LogP contribution < -0.4 is 41.1 Å². The number of phosphoric ester groups is 2. The van der Waals surface area contributed by atoms with Crippen molar-refractivity contribution in [1.82, 2.24) is 26.6 Å². The highest BCUT2D eigenvalue weighted by Gasteiger charge is 2.29. The van der Waals surface area contributed by atoms with Crippen LogP contribution >= 0.6 is 15.6 Å². The Balaban J connectivity index is 3.35. The summed E-state index contributed by atoms with van der Waals surface area (Å²) in [7, 11) is -10.2. The molecule has 0 heterocycles. The molecule has 29 heteroatoms. The molecule has 0 aliphatic rings. The number of esters is 1. The molecule has 0 aliphatic heterocycles. The molecule has 1 aromatic carbocycles. The van der Waals surface area contributed by atoms with E-state index in [4.69, 9.17) is 46.9 Å². The molecule has 0 aromatic heterocycles. The average Bonchev–Trinajstić information content (AvgIpc) is 0.858. The molecule has 27 nitrogen and oxygen atoms in total. The van der Waals surface area contributed by atoms with Crippen molar-refractivity contribution in [3.05, 3.63) is 54.1 Å². The number of hydrogen-bond donors (Lipinski definition) is 8. The summed E-state index contributed by atoms with van der Waals surface area (Å²) in [5, 5.41) is 45.1. The van der Waals surface area contributed by atoms with E-state index in [1.54, 1.807) is 24.3 Å². The monoisotopic (exact) mass is 1870 g/mol. The van der Waals surface area contributed by atoms with Gasteiger partial charge in [0.15, 0.2) is 6.29 Å². The predicted molar refractivity (Wildman–Crippen MR) is 512 cm³/mol. The van der Waals surface area contributed by atoms with Crippen molar-refractivity contribution in [3.63, 3.8) is 0 Å². The molecule has 9 unspecified atom stereocenters. The minimum atomic E-state index is -5.13. The first kappa shape index (κ1) is 122. The van der Waals surface area contributed by atoms with Crippen LogP contribution in [-0.2, 0) is 81.4 Å².